The Hall–Kier alpha value is -1.95. The van der Waals surface area contributed by atoms with Crippen LogP contribution in [-0.4, -0.2) is 5.78 Å². The van der Waals surface area contributed by atoms with Crippen LogP contribution in [0.4, 0.5) is 0 Å². The number of carbonyl (C=O) groups excluding carboxylic acids is 1. The van der Waals surface area contributed by atoms with Crippen LogP contribution in [0, 0.1) is 0 Å². The summed E-state index contributed by atoms with van der Waals surface area (Å²) in [6.07, 6.45) is 0. The fraction of sp³-hybridized carbons (Fsp3) is 0.0500. The van der Waals surface area contributed by atoms with E-state index in [1.165, 1.54) is 10.6 Å². The molecule has 0 aliphatic carbocycles. The summed E-state index contributed by atoms with van der Waals surface area (Å²) in [5.74, 6) is 0.120. The number of benzene rings is 3. The van der Waals surface area contributed by atoms with E-state index in [4.69, 9.17) is 0 Å². The highest BCUT2D eigenvalue weighted by molar-refractivity contribution is 7.80. The van der Waals surface area contributed by atoms with E-state index in [9.17, 15) is 4.79 Å². The molecular formula is C20H18ClOP. The lowest BCUT2D eigenvalue weighted by Gasteiger charge is -2.21. The van der Waals surface area contributed by atoms with Crippen LogP contribution >= 0.6 is 20.3 Å². The Morgan fingerprint density at radius 2 is 1.13 bits per heavy atom. The molecule has 0 saturated heterocycles. The molecule has 0 amide bonds. The van der Waals surface area contributed by atoms with Crippen molar-refractivity contribution in [2.45, 2.75) is 6.92 Å². The second kappa shape index (κ2) is 8.06. The minimum Gasteiger partial charge on any atom is -0.294 e. The summed E-state index contributed by atoms with van der Waals surface area (Å²) in [5.41, 5.74) is 0.821. The lowest BCUT2D eigenvalue weighted by molar-refractivity contribution is 0.101. The Bertz CT molecular complexity index is 732. The molecule has 0 unspecified atom stereocenters. The van der Waals surface area contributed by atoms with E-state index in [-0.39, 0.29) is 18.2 Å². The molecule has 0 aromatic heterocycles. The van der Waals surface area contributed by atoms with Gasteiger partial charge in [-0.1, -0.05) is 84.9 Å². The molecule has 0 aliphatic heterocycles. The maximum atomic E-state index is 12.0. The van der Waals surface area contributed by atoms with Crippen molar-refractivity contribution < 1.29 is 4.79 Å². The van der Waals surface area contributed by atoms with Crippen LogP contribution in [0.5, 0.6) is 0 Å². The van der Waals surface area contributed by atoms with Gasteiger partial charge >= 0.3 is 0 Å². The number of rotatable bonds is 4. The van der Waals surface area contributed by atoms with Crippen LogP contribution < -0.4 is 15.9 Å². The van der Waals surface area contributed by atoms with E-state index in [1.54, 1.807) is 6.92 Å². The summed E-state index contributed by atoms with van der Waals surface area (Å²) in [7, 11) is -0.720. The second-order valence-corrected chi connectivity index (χ2v) is 7.27. The van der Waals surface area contributed by atoms with E-state index >= 15 is 0 Å². The topological polar surface area (TPSA) is 17.1 Å². The maximum Gasteiger partial charge on any atom is 0.160 e. The monoisotopic (exact) mass is 340 g/mol. The predicted octanol–water partition coefficient (Wildman–Crippen LogP) is 4.07. The van der Waals surface area contributed by atoms with Crippen molar-refractivity contribution in [3.8, 4) is 0 Å². The van der Waals surface area contributed by atoms with Gasteiger partial charge in [-0.3, -0.25) is 4.79 Å². The van der Waals surface area contributed by atoms with Crippen molar-refractivity contribution in [3.63, 3.8) is 0 Å². The molecule has 3 heteroatoms. The van der Waals surface area contributed by atoms with Crippen LogP contribution in [-0.2, 0) is 0 Å². The number of hydrogen-bond donors (Lipinski definition) is 0. The van der Waals surface area contributed by atoms with Crippen molar-refractivity contribution >= 4 is 42.0 Å². The van der Waals surface area contributed by atoms with Gasteiger partial charge in [-0.05, 0) is 30.8 Å². The number of halogens is 1. The van der Waals surface area contributed by atoms with Crippen molar-refractivity contribution in [2.24, 2.45) is 0 Å². The first-order chi connectivity index (χ1) is 10.8. The van der Waals surface area contributed by atoms with Crippen LogP contribution in [0.3, 0.4) is 0 Å². The first-order valence-corrected chi connectivity index (χ1v) is 8.62. The molecule has 0 saturated carbocycles. The van der Waals surface area contributed by atoms with Gasteiger partial charge in [0, 0.05) is 5.56 Å². The first-order valence-electron chi connectivity index (χ1n) is 7.27. The third kappa shape index (κ3) is 3.88. The smallest absolute Gasteiger partial charge is 0.160 e. The molecule has 0 fully saturated rings. The van der Waals surface area contributed by atoms with Gasteiger partial charge < -0.3 is 0 Å². The van der Waals surface area contributed by atoms with E-state index < -0.39 is 7.92 Å². The van der Waals surface area contributed by atoms with Gasteiger partial charge in [-0.2, -0.15) is 0 Å². The average Bonchev–Trinajstić information content (AvgIpc) is 2.57. The summed E-state index contributed by atoms with van der Waals surface area (Å²) >= 11 is 0. The number of carbonyl (C=O) groups is 1. The van der Waals surface area contributed by atoms with Gasteiger partial charge in [0.25, 0.3) is 0 Å². The number of Topliss-reactive ketones (excluding diaryl/α,β-unsaturated/α-hetero) is 1. The van der Waals surface area contributed by atoms with E-state index in [1.807, 2.05) is 30.3 Å². The highest BCUT2D eigenvalue weighted by Gasteiger charge is 2.20. The second-order valence-electron chi connectivity index (χ2n) is 5.08. The van der Waals surface area contributed by atoms with Crippen LogP contribution in [0.15, 0.2) is 84.9 Å². The van der Waals surface area contributed by atoms with Crippen molar-refractivity contribution in [1.82, 2.24) is 0 Å². The zero-order valence-corrected chi connectivity index (χ0v) is 14.6. The number of hydrogen-bond acceptors (Lipinski definition) is 1. The molecule has 0 spiro atoms. The molecule has 0 radical (unpaired) electrons. The van der Waals surface area contributed by atoms with Crippen LogP contribution in [0.2, 0.25) is 0 Å². The Kier molecular flexibility index (Phi) is 6.10. The quantitative estimate of drug-likeness (QED) is 0.517. The highest BCUT2D eigenvalue weighted by atomic mass is 35.5. The highest BCUT2D eigenvalue weighted by Crippen LogP contribution is 2.33. The zero-order valence-electron chi connectivity index (χ0n) is 12.8. The molecule has 0 atom stereocenters. The SMILES string of the molecule is CC(=O)c1ccccc1P(c1ccccc1)c1ccccc1.Cl. The first kappa shape index (κ1) is 17.4. The fourth-order valence-electron chi connectivity index (χ4n) is 2.55. The number of ketones is 1. The van der Waals surface area contributed by atoms with Gasteiger partial charge in [0.05, 0.1) is 0 Å². The summed E-state index contributed by atoms with van der Waals surface area (Å²) in [6, 6.07) is 28.9. The molecule has 0 heterocycles. The standard InChI is InChI=1S/C20H17OP.ClH/c1-16(21)19-14-8-9-15-20(19)22(17-10-4-2-5-11-17)18-12-6-3-7-13-18;/h2-15H,1H3;1H. The maximum absolute atomic E-state index is 12.0. The largest absolute Gasteiger partial charge is 0.294 e. The average molecular weight is 341 g/mol. The molecule has 3 aromatic carbocycles. The summed E-state index contributed by atoms with van der Waals surface area (Å²) < 4.78 is 0. The third-order valence-corrected chi connectivity index (χ3v) is 6.05. The Morgan fingerprint density at radius 1 is 0.696 bits per heavy atom. The van der Waals surface area contributed by atoms with Gasteiger partial charge in [-0.25, -0.2) is 0 Å². The summed E-state index contributed by atoms with van der Waals surface area (Å²) in [5, 5.41) is 3.65. The molecule has 0 bridgehead atoms. The third-order valence-electron chi connectivity index (χ3n) is 3.55. The minimum atomic E-state index is -0.720. The van der Waals surface area contributed by atoms with Crippen LogP contribution in [0.1, 0.15) is 17.3 Å². The summed E-state index contributed by atoms with van der Waals surface area (Å²) in [6.45, 7) is 1.64. The molecule has 116 valence electrons. The van der Waals surface area contributed by atoms with E-state index in [2.05, 4.69) is 54.6 Å². The van der Waals surface area contributed by atoms with Gasteiger partial charge in [-0.15, -0.1) is 12.4 Å². The molecule has 3 rings (SSSR count). The molecule has 1 nitrogen and oxygen atoms in total. The van der Waals surface area contributed by atoms with E-state index in [0.29, 0.717) is 0 Å². The Labute approximate surface area is 144 Å². The van der Waals surface area contributed by atoms with Gasteiger partial charge in [0.1, 0.15) is 0 Å². The molecule has 0 N–H and O–H groups in total. The molecule has 3 aromatic rings. The zero-order chi connectivity index (χ0) is 15.4. The Morgan fingerprint density at radius 3 is 1.61 bits per heavy atom. The predicted molar refractivity (Wildman–Crippen MR) is 102 cm³/mol. The van der Waals surface area contributed by atoms with Crippen LogP contribution in [0.25, 0.3) is 0 Å². The lowest BCUT2D eigenvalue weighted by atomic mass is 10.1. The van der Waals surface area contributed by atoms with Crippen molar-refractivity contribution in [3.05, 3.63) is 90.5 Å². The van der Waals surface area contributed by atoms with Gasteiger partial charge in [0.2, 0.25) is 0 Å². The van der Waals surface area contributed by atoms with E-state index in [0.717, 1.165) is 10.9 Å². The fourth-order valence-corrected chi connectivity index (χ4v) is 5.05. The molecule has 0 aliphatic rings. The Balaban J connectivity index is 0.00000192. The van der Waals surface area contributed by atoms with Crippen molar-refractivity contribution in [2.75, 3.05) is 0 Å². The summed E-state index contributed by atoms with van der Waals surface area (Å²) in [4.78, 5) is 12.0. The normalized spacial score (nSPS) is 10.2. The van der Waals surface area contributed by atoms with Gasteiger partial charge in [0.15, 0.2) is 5.78 Å². The van der Waals surface area contributed by atoms with Crippen molar-refractivity contribution in [1.29, 1.82) is 0 Å². The minimum absolute atomic E-state index is 0. The lowest BCUT2D eigenvalue weighted by Crippen LogP contribution is -2.24. The molecular weight excluding hydrogens is 323 g/mol. The molecule has 23 heavy (non-hydrogen) atoms.